The number of hydrogen-bond donors (Lipinski definition) is 2. The zero-order valence-electron chi connectivity index (χ0n) is 8.16. The maximum atomic E-state index is 9.41. The third-order valence-electron chi connectivity index (χ3n) is 2.70. The summed E-state index contributed by atoms with van der Waals surface area (Å²) < 4.78 is 1.46. The van der Waals surface area contributed by atoms with Crippen LogP contribution in [-0.2, 0) is 0 Å². The largest absolute Gasteiger partial charge is 0.366 e. The molecule has 0 atom stereocenters. The van der Waals surface area contributed by atoms with E-state index in [9.17, 15) is 10.2 Å². The molecule has 2 nitrogen and oxygen atoms in total. The van der Waals surface area contributed by atoms with Crippen LogP contribution < -0.4 is 0 Å². The van der Waals surface area contributed by atoms with Crippen LogP contribution in [-0.4, -0.2) is 27.5 Å². The molecule has 0 bridgehead atoms. The molecule has 1 aliphatic carbocycles. The molecule has 1 saturated heterocycles. The van der Waals surface area contributed by atoms with Crippen molar-refractivity contribution >= 4 is 23.5 Å². The lowest BCUT2D eigenvalue weighted by molar-refractivity contribution is -0.174. The van der Waals surface area contributed by atoms with Crippen LogP contribution in [0.3, 0.4) is 0 Å². The van der Waals surface area contributed by atoms with E-state index in [1.165, 1.54) is 27.7 Å². The molecule has 2 fully saturated rings. The van der Waals surface area contributed by atoms with E-state index in [0.717, 1.165) is 12.8 Å². The lowest BCUT2D eigenvalue weighted by atomic mass is 9.91. The first-order valence-electron chi connectivity index (χ1n) is 5.10. The first-order chi connectivity index (χ1) is 6.67. The van der Waals surface area contributed by atoms with Crippen LogP contribution >= 0.6 is 23.5 Å². The lowest BCUT2D eigenvalue weighted by Crippen LogP contribution is -2.31. The Hall–Kier alpha value is 0.360. The smallest absolute Gasteiger partial charge is 0.163 e. The second-order valence-electron chi connectivity index (χ2n) is 3.92. The number of thioether (sulfide) groups is 2. The van der Waals surface area contributed by atoms with Crippen LogP contribution in [0.25, 0.3) is 0 Å². The Labute approximate surface area is 93.2 Å². The van der Waals surface area contributed by atoms with Crippen molar-refractivity contribution in [2.75, 3.05) is 11.5 Å². The van der Waals surface area contributed by atoms with Crippen LogP contribution in [0, 0.1) is 0 Å². The summed E-state index contributed by atoms with van der Waals surface area (Å²) in [6.07, 6.45) is 4.04. The summed E-state index contributed by atoms with van der Waals surface area (Å²) >= 11 is 3.90. The Morgan fingerprint density at radius 3 is 2.14 bits per heavy atom. The molecule has 2 N–H and O–H groups in total. The number of rotatable bonds is 0. The lowest BCUT2D eigenvalue weighted by Gasteiger charge is -2.29. The highest BCUT2D eigenvalue weighted by Crippen LogP contribution is 2.42. The van der Waals surface area contributed by atoms with Gasteiger partial charge in [0.25, 0.3) is 0 Å². The summed E-state index contributed by atoms with van der Waals surface area (Å²) in [6.45, 7) is 0. The molecule has 80 valence electrons. The minimum atomic E-state index is -1.39. The average Bonchev–Trinajstić information content (AvgIpc) is 2.19. The first kappa shape index (κ1) is 10.9. The summed E-state index contributed by atoms with van der Waals surface area (Å²) in [6, 6.07) is 0. The van der Waals surface area contributed by atoms with Crippen LogP contribution in [0.2, 0.25) is 0 Å². The Kier molecular flexibility index (Phi) is 3.47. The van der Waals surface area contributed by atoms with Gasteiger partial charge in [-0.15, -0.1) is 23.5 Å². The molecule has 14 heavy (non-hydrogen) atoms. The normalized spacial score (nSPS) is 27.9. The maximum Gasteiger partial charge on any atom is 0.163 e. The van der Waals surface area contributed by atoms with Gasteiger partial charge in [0, 0.05) is 17.1 Å². The molecule has 0 unspecified atom stereocenters. The van der Waals surface area contributed by atoms with Gasteiger partial charge in [0.15, 0.2) is 5.79 Å². The molecular formula is C10H16O2S2. The van der Waals surface area contributed by atoms with Gasteiger partial charge < -0.3 is 10.2 Å². The van der Waals surface area contributed by atoms with Gasteiger partial charge in [0.1, 0.15) is 0 Å². The molecule has 0 spiro atoms. The van der Waals surface area contributed by atoms with Crippen molar-refractivity contribution in [1.82, 2.24) is 0 Å². The molecule has 2 rings (SSSR count). The number of allylic oxidation sites excluding steroid dienone is 1. The predicted octanol–water partition coefficient (Wildman–Crippen LogP) is 2.32. The van der Waals surface area contributed by atoms with Crippen molar-refractivity contribution in [1.29, 1.82) is 0 Å². The molecule has 1 aliphatic heterocycles. The van der Waals surface area contributed by atoms with Gasteiger partial charge >= 0.3 is 0 Å². The number of aliphatic hydroxyl groups is 2. The monoisotopic (exact) mass is 232 g/mol. The Morgan fingerprint density at radius 2 is 1.57 bits per heavy atom. The van der Waals surface area contributed by atoms with Crippen LogP contribution in [0.15, 0.2) is 9.81 Å². The van der Waals surface area contributed by atoms with Crippen molar-refractivity contribution in [3.63, 3.8) is 0 Å². The minimum Gasteiger partial charge on any atom is -0.366 e. The third-order valence-corrected chi connectivity index (χ3v) is 5.49. The van der Waals surface area contributed by atoms with Crippen molar-refractivity contribution in [2.24, 2.45) is 0 Å². The van der Waals surface area contributed by atoms with E-state index >= 15 is 0 Å². The van der Waals surface area contributed by atoms with E-state index in [1.54, 1.807) is 0 Å². The summed E-state index contributed by atoms with van der Waals surface area (Å²) in [4.78, 5) is 0. The van der Waals surface area contributed by atoms with E-state index in [0.29, 0.717) is 12.8 Å². The highest BCUT2D eigenvalue weighted by Gasteiger charge is 2.29. The van der Waals surface area contributed by atoms with Crippen molar-refractivity contribution in [3.8, 4) is 0 Å². The van der Waals surface area contributed by atoms with E-state index in [-0.39, 0.29) is 0 Å². The summed E-state index contributed by atoms with van der Waals surface area (Å²) in [5.41, 5.74) is 1.46. The topological polar surface area (TPSA) is 40.5 Å². The molecule has 0 aromatic heterocycles. The molecule has 0 aromatic carbocycles. The second kappa shape index (κ2) is 4.47. The third kappa shape index (κ3) is 2.69. The highest BCUT2D eigenvalue weighted by molar-refractivity contribution is 8.22. The fourth-order valence-corrected chi connectivity index (χ4v) is 4.57. The van der Waals surface area contributed by atoms with Crippen molar-refractivity contribution < 1.29 is 10.2 Å². The Bertz CT molecular complexity index is 229. The fraction of sp³-hybridized carbons (Fsp3) is 0.800. The van der Waals surface area contributed by atoms with E-state index in [2.05, 4.69) is 0 Å². The standard InChI is InChI=1S/C10H16O2S2/c11-10(12)4-2-8(3-5-10)9-13-6-1-7-14-9/h11-12H,1-7H2. The van der Waals surface area contributed by atoms with Gasteiger partial charge in [-0.05, 0) is 36.3 Å². The van der Waals surface area contributed by atoms with Crippen molar-refractivity contribution in [2.45, 2.75) is 37.9 Å². The molecule has 0 radical (unpaired) electrons. The average molecular weight is 232 g/mol. The van der Waals surface area contributed by atoms with Gasteiger partial charge in [0.05, 0.1) is 0 Å². The summed E-state index contributed by atoms with van der Waals surface area (Å²) in [5.74, 6) is 1.07. The van der Waals surface area contributed by atoms with Gasteiger partial charge in [-0.1, -0.05) is 0 Å². The van der Waals surface area contributed by atoms with Gasteiger partial charge in [-0.3, -0.25) is 0 Å². The summed E-state index contributed by atoms with van der Waals surface area (Å²) in [5, 5.41) is 18.8. The molecule has 1 heterocycles. The van der Waals surface area contributed by atoms with E-state index in [4.69, 9.17) is 0 Å². The first-order valence-corrected chi connectivity index (χ1v) is 7.07. The quantitative estimate of drug-likeness (QED) is 0.629. The fourth-order valence-electron chi connectivity index (χ4n) is 1.79. The van der Waals surface area contributed by atoms with E-state index in [1.807, 2.05) is 23.5 Å². The van der Waals surface area contributed by atoms with E-state index < -0.39 is 5.79 Å². The molecule has 1 saturated carbocycles. The Balaban J connectivity index is 1.99. The summed E-state index contributed by atoms with van der Waals surface area (Å²) in [7, 11) is 0. The Morgan fingerprint density at radius 1 is 1.00 bits per heavy atom. The van der Waals surface area contributed by atoms with Crippen LogP contribution in [0.1, 0.15) is 32.1 Å². The van der Waals surface area contributed by atoms with Gasteiger partial charge in [0.2, 0.25) is 0 Å². The number of hydrogen-bond acceptors (Lipinski definition) is 4. The van der Waals surface area contributed by atoms with Crippen LogP contribution in [0.4, 0.5) is 0 Å². The van der Waals surface area contributed by atoms with Crippen LogP contribution in [0.5, 0.6) is 0 Å². The molecule has 0 amide bonds. The SMILES string of the molecule is OC1(O)CCC(=C2SCCCS2)CC1. The molecule has 2 aliphatic rings. The second-order valence-corrected chi connectivity index (χ2v) is 6.39. The maximum absolute atomic E-state index is 9.41. The van der Waals surface area contributed by atoms with Gasteiger partial charge in [-0.2, -0.15) is 0 Å². The van der Waals surface area contributed by atoms with Crippen molar-refractivity contribution in [3.05, 3.63) is 9.81 Å². The zero-order chi connectivity index (χ0) is 10.0. The highest BCUT2D eigenvalue weighted by atomic mass is 32.2. The van der Waals surface area contributed by atoms with Gasteiger partial charge in [-0.25, -0.2) is 0 Å². The molecule has 0 aromatic rings. The predicted molar refractivity (Wildman–Crippen MR) is 62.2 cm³/mol. The molecule has 4 heteroatoms. The molecular weight excluding hydrogens is 216 g/mol. The zero-order valence-corrected chi connectivity index (χ0v) is 9.79. The minimum absolute atomic E-state index is 0.507.